The van der Waals surface area contributed by atoms with Gasteiger partial charge in [-0.25, -0.2) is 0 Å². The van der Waals surface area contributed by atoms with Crippen LogP contribution in [0.5, 0.6) is 0 Å². The molecule has 3 rings (SSSR count). The minimum Gasteiger partial charge on any atom is -0.317 e. The minimum absolute atomic E-state index is 0.868. The Kier molecular flexibility index (Phi) is 4.22. The first-order valence-electron chi connectivity index (χ1n) is 8.05. The smallest absolute Gasteiger partial charge is 0.0226 e. The van der Waals surface area contributed by atoms with E-state index in [-0.39, 0.29) is 0 Å². The van der Waals surface area contributed by atoms with Crippen molar-refractivity contribution in [3.05, 3.63) is 0 Å². The van der Waals surface area contributed by atoms with E-state index in [2.05, 4.69) is 22.0 Å². The summed E-state index contributed by atoms with van der Waals surface area (Å²) in [6.45, 7) is 10.1. The van der Waals surface area contributed by atoms with Gasteiger partial charge in [0.05, 0.1) is 0 Å². The van der Waals surface area contributed by atoms with E-state index in [1.807, 2.05) is 0 Å². The maximum absolute atomic E-state index is 3.49. The fraction of sp³-hybridized carbons (Fsp3) is 1.00. The maximum Gasteiger partial charge on any atom is 0.0226 e. The molecule has 0 radical (unpaired) electrons. The zero-order chi connectivity index (χ0) is 12.4. The molecule has 2 atom stereocenters. The Bertz CT molecular complexity index is 262. The summed E-state index contributed by atoms with van der Waals surface area (Å²) in [6, 6.07) is 1.77. The molecule has 1 N–H and O–H groups in total. The lowest BCUT2D eigenvalue weighted by Crippen LogP contribution is -2.43. The number of nitrogens with zero attached hydrogens (tertiary/aromatic N) is 2. The highest BCUT2D eigenvalue weighted by Crippen LogP contribution is 2.31. The van der Waals surface area contributed by atoms with Crippen molar-refractivity contribution >= 4 is 0 Å². The molecule has 3 heterocycles. The first kappa shape index (κ1) is 12.9. The van der Waals surface area contributed by atoms with Crippen molar-refractivity contribution in [3.63, 3.8) is 0 Å². The summed E-state index contributed by atoms with van der Waals surface area (Å²) in [5, 5.41) is 3.49. The Morgan fingerprint density at radius 1 is 1.00 bits per heavy atom. The van der Waals surface area contributed by atoms with Crippen LogP contribution in [0.3, 0.4) is 0 Å². The van der Waals surface area contributed by atoms with Crippen molar-refractivity contribution in [2.24, 2.45) is 5.92 Å². The highest BCUT2D eigenvalue weighted by molar-refractivity contribution is 4.93. The molecule has 3 heteroatoms. The van der Waals surface area contributed by atoms with Crippen LogP contribution in [0.4, 0.5) is 0 Å². The Hall–Kier alpha value is -0.120. The first-order chi connectivity index (χ1) is 8.86. The van der Waals surface area contributed by atoms with E-state index in [4.69, 9.17) is 0 Å². The molecule has 0 aromatic carbocycles. The summed E-state index contributed by atoms with van der Waals surface area (Å²) in [5.41, 5.74) is 0. The highest BCUT2D eigenvalue weighted by atomic mass is 15.3. The Labute approximate surface area is 112 Å². The van der Waals surface area contributed by atoms with Gasteiger partial charge in [0.2, 0.25) is 0 Å². The van der Waals surface area contributed by atoms with Crippen LogP contribution < -0.4 is 5.32 Å². The van der Waals surface area contributed by atoms with Gasteiger partial charge in [0.15, 0.2) is 0 Å². The molecule has 18 heavy (non-hydrogen) atoms. The Morgan fingerprint density at radius 3 is 2.56 bits per heavy atom. The second kappa shape index (κ2) is 5.89. The number of hydrogen-bond acceptors (Lipinski definition) is 3. The van der Waals surface area contributed by atoms with E-state index >= 15 is 0 Å². The summed E-state index contributed by atoms with van der Waals surface area (Å²) in [6.07, 6.45) is 7.12. The predicted molar refractivity (Wildman–Crippen MR) is 75.8 cm³/mol. The molecule has 0 amide bonds. The molecule has 3 aliphatic heterocycles. The predicted octanol–water partition coefficient (Wildman–Crippen LogP) is 1.54. The molecule has 2 unspecified atom stereocenters. The number of hydrogen-bond donors (Lipinski definition) is 1. The Morgan fingerprint density at radius 2 is 1.78 bits per heavy atom. The lowest BCUT2D eigenvalue weighted by Gasteiger charge is -2.34. The molecule has 0 aromatic rings. The monoisotopic (exact) mass is 251 g/mol. The van der Waals surface area contributed by atoms with Crippen LogP contribution in [-0.2, 0) is 0 Å². The van der Waals surface area contributed by atoms with E-state index in [0.29, 0.717) is 0 Å². The lowest BCUT2D eigenvalue weighted by atomic mass is 9.97. The van der Waals surface area contributed by atoms with Crippen molar-refractivity contribution in [2.75, 3.05) is 39.3 Å². The first-order valence-corrected chi connectivity index (χ1v) is 8.05. The lowest BCUT2D eigenvalue weighted by molar-refractivity contribution is 0.146. The van der Waals surface area contributed by atoms with Gasteiger partial charge in [0, 0.05) is 25.2 Å². The number of fused-ring (bicyclic) bond motifs is 2. The summed E-state index contributed by atoms with van der Waals surface area (Å²) >= 11 is 0. The van der Waals surface area contributed by atoms with Crippen LogP contribution in [0.15, 0.2) is 0 Å². The quantitative estimate of drug-likeness (QED) is 0.821. The summed E-state index contributed by atoms with van der Waals surface area (Å²) in [7, 11) is 0. The molecular weight excluding hydrogens is 222 g/mol. The molecule has 3 fully saturated rings. The molecule has 3 nitrogen and oxygen atoms in total. The van der Waals surface area contributed by atoms with E-state index in [1.165, 1.54) is 71.4 Å². The van der Waals surface area contributed by atoms with Gasteiger partial charge >= 0.3 is 0 Å². The zero-order valence-corrected chi connectivity index (χ0v) is 11.9. The zero-order valence-electron chi connectivity index (χ0n) is 11.9. The average Bonchev–Trinajstić information content (AvgIpc) is 2.66. The van der Waals surface area contributed by atoms with Crippen LogP contribution >= 0.6 is 0 Å². The van der Waals surface area contributed by atoms with Crippen molar-refractivity contribution in [1.29, 1.82) is 0 Å². The van der Waals surface area contributed by atoms with Gasteiger partial charge in [-0.1, -0.05) is 6.92 Å². The molecule has 3 saturated heterocycles. The molecule has 0 saturated carbocycles. The number of nitrogens with one attached hydrogen (secondary N) is 1. The minimum atomic E-state index is 0.868. The van der Waals surface area contributed by atoms with Gasteiger partial charge in [-0.2, -0.15) is 0 Å². The average molecular weight is 251 g/mol. The maximum atomic E-state index is 3.49. The third-order valence-electron chi connectivity index (χ3n) is 5.39. The van der Waals surface area contributed by atoms with Crippen LogP contribution in [-0.4, -0.2) is 61.2 Å². The SMILES string of the molecule is CCN1CCC2CCC(C1)N2CC1CCNCC1. The summed E-state index contributed by atoms with van der Waals surface area (Å²) in [5.74, 6) is 0.961. The van der Waals surface area contributed by atoms with E-state index in [0.717, 1.165) is 18.0 Å². The molecule has 0 aromatic heterocycles. The largest absolute Gasteiger partial charge is 0.317 e. The normalized spacial score (nSPS) is 35.8. The van der Waals surface area contributed by atoms with Gasteiger partial charge in [-0.05, 0) is 64.2 Å². The van der Waals surface area contributed by atoms with Gasteiger partial charge in [-0.15, -0.1) is 0 Å². The van der Waals surface area contributed by atoms with Crippen molar-refractivity contribution in [3.8, 4) is 0 Å². The molecule has 0 spiro atoms. The molecule has 2 bridgehead atoms. The van der Waals surface area contributed by atoms with Crippen LogP contribution in [0.1, 0.15) is 39.0 Å². The van der Waals surface area contributed by atoms with Gasteiger partial charge in [-0.3, -0.25) is 4.90 Å². The number of likely N-dealkylation sites (N-methyl/N-ethyl adjacent to an activating group) is 1. The fourth-order valence-corrected chi connectivity index (χ4v) is 4.19. The molecule has 0 aliphatic carbocycles. The van der Waals surface area contributed by atoms with Crippen molar-refractivity contribution < 1.29 is 0 Å². The number of rotatable bonds is 3. The van der Waals surface area contributed by atoms with Crippen LogP contribution in [0.2, 0.25) is 0 Å². The Balaban J connectivity index is 1.60. The van der Waals surface area contributed by atoms with Crippen molar-refractivity contribution in [1.82, 2.24) is 15.1 Å². The van der Waals surface area contributed by atoms with Gasteiger partial charge < -0.3 is 10.2 Å². The highest BCUT2D eigenvalue weighted by Gasteiger charge is 2.37. The third-order valence-corrected chi connectivity index (χ3v) is 5.39. The number of likely N-dealkylation sites (tertiary alicyclic amines) is 1. The van der Waals surface area contributed by atoms with E-state index in [1.54, 1.807) is 0 Å². The summed E-state index contributed by atoms with van der Waals surface area (Å²) in [4.78, 5) is 5.56. The second-order valence-electron chi connectivity index (χ2n) is 6.46. The van der Waals surface area contributed by atoms with Crippen molar-refractivity contribution in [2.45, 2.75) is 51.1 Å². The molecule has 3 aliphatic rings. The second-order valence-corrected chi connectivity index (χ2v) is 6.46. The van der Waals surface area contributed by atoms with Gasteiger partial charge in [0.1, 0.15) is 0 Å². The van der Waals surface area contributed by atoms with Crippen LogP contribution in [0, 0.1) is 5.92 Å². The van der Waals surface area contributed by atoms with Crippen LogP contribution in [0.25, 0.3) is 0 Å². The summed E-state index contributed by atoms with van der Waals surface area (Å²) < 4.78 is 0. The third kappa shape index (κ3) is 2.73. The molecular formula is C15H29N3. The van der Waals surface area contributed by atoms with E-state index in [9.17, 15) is 0 Å². The molecule has 104 valence electrons. The van der Waals surface area contributed by atoms with E-state index < -0.39 is 0 Å². The number of piperidine rings is 1. The topological polar surface area (TPSA) is 18.5 Å². The van der Waals surface area contributed by atoms with Gasteiger partial charge in [0.25, 0.3) is 0 Å². The standard InChI is InChI=1S/C15H29N3/c1-2-17-10-7-14-3-4-15(12-17)18(14)11-13-5-8-16-9-6-13/h13-16H,2-12H2,1H3. The fourth-order valence-electron chi connectivity index (χ4n) is 4.19.